The van der Waals surface area contributed by atoms with Crippen LogP contribution in [0.25, 0.3) is 0 Å². The fourth-order valence-electron chi connectivity index (χ4n) is 2.36. The van der Waals surface area contributed by atoms with Crippen molar-refractivity contribution < 1.29 is 4.39 Å². The largest absolute Gasteiger partial charge is 0.207 e. The lowest BCUT2D eigenvalue weighted by Crippen LogP contribution is -2.10. The quantitative estimate of drug-likeness (QED) is 0.566. The van der Waals surface area contributed by atoms with Gasteiger partial charge in [-0.05, 0) is 55.0 Å². The Labute approximate surface area is 136 Å². The van der Waals surface area contributed by atoms with E-state index >= 15 is 0 Å². The van der Waals surface area contributed by atoms with Crippen LogP contribution in [0.15, 0.2) is 46.9 Å². The van der Waals surface area contributed by atoms with Crippen LogP contribution in [0.4, 0.5) is 4.39 Å². The van der Waals surface area contributed by atoms with Crippen molar-refractivity contribution in [2.45, 2.75) is 19.8 Å². The Balaban J connectivity index is 2.11. The molecule has 2 aromatic rings. The van der Waals surface area contributed by atoms with Gasteiger partial charge in [0.1, 0.15) is 5.82 Å². The van der Waals surface area contributed by atoms with E-state index in [2.05, 4.69) is 63.0 Å². The summed E-state index contributed by atoms with van der Waals surface area (Å²) in [6.07, 6.45) is 1.85. The standard InChI is InChI=1S/C17H17Br2F/c1-12-3-2-4-13(7-12)8-14(11-18)9-15-10-16(20)5-6-17(15)19/h2-7,10,14H,8-9,11H2,1H3. The Morgan fingerprint density at radius 3 is 2.60 bits per heavy atom. The average Bonchev–Trinajstić information content (AvgIpc) is 2.42. The maximum Gasteiger partial charge on any atom is 0.123 e. The fourth-order valence-corrected chi connectivity index (χ4v) is 3.23. The van der Waals surface area contributed by atoms with E-state index in [-0.39, 0.29) is 5.82 Å². The molecule has 0 saturated heterocycles. The molecule has 0 heterocycles. The molecule has 0 aliphatic carbocycles. The number of rotatable bonds is 5. The minimum Gasteiger partial charge on any atom is -0.207 e. The third-order valence-corrected chi connectivity index (χ3v) is 5.03. The van der Waals surface area contributed by atoms with Gasteiger partial charge >= 0.3 is 0 Å². The zero-order valence-corrected chi connectivity index (χ0v) is 14.5. The lowest BCUT2D eigenvalue weighted by atomic mass is 9.93. The van der Waals surface area contributed by atoms with Crippen molar-refractivity contribution in [1.29, 1.82) is 0 Å². The van der Waals surface area contributed by atoms with Crippen LogP contribution in [0.1, 0.15) is 16.7 Å². The summed E-state index contributed by atoms with van der Waals surface area (Å²) >= 11 is 7.09. The van der Waals surface area contributed by atoms with Crippen molar-refractivity contribution in [3.8, 4) is 0 Å². The lowest BCUT2D eigenvalue weighted by molar-refractivity contribution is 0.581. The van der Waals surface area contributed by atoms with Gasteiger partial charge < -0.3 is 0 Å². The van der Waals surface area contributed by atoms with Crippen molar-refractivity contribution in [2.24, 2.45) is 5.92 Å². The van der Waals surface area contributed by atoms with E-state index in [1.165, 1.54) is 17.2 Å². The monoisotopic (exact) mass is 398 g/mol. The van der Waals surface area contributed by atoms with Crippen molar-refractivity contribution in [3.05, 3.63) is 69.4 Å². The molecule has 106 valence electrons. The number of hydrogen-bond donors (Lipinski definition) is 0. The summed E-state index contributed by atoms with van der Waals surface area (Å²) in [5, 5.41) is 0.907. The summed E-state index contributed by atoms with van der Waals surface area (Å²) in [5.74, 6) is 0.280. The first-order valence-corrected chi connectivity index (χ1v) is 8.55. The number of aryl methyl sites for hydroxylation is 1. The number of benzene rings is 2. The molecule has 2 aromatic carbocycles. The lowest BCUT2D eigenvalue weighted by Gasteiger charge is -2.16. The van der Waals surface area contributed by atoms with Crippen molar-refractivity contribution in [2.75, 3.05) is 5.33 Å². The van der Waals surface area contributed by atoms with Crippen LogP contribution in [0.3, 0.4) is 0 Å². The van der Waals surface area contributed by atoms with E-state index in [4.69, 9.17) is 0 Å². The Hall–Kier alpha value is -0.670. The van der Waals surface area contributed by atoms with Crippen LogP contribution in [-0.2, 0) is 12.8 Å². The molecule has 2 rings (SSSR count). The molecule has 0 radical (unpaired) electrons. The zero-order valence-electron chi connectivity index (χ0n) is 11.4. The average molecular weight is 400 g/mol. The molecular weight excluding hydrogens is 383 g/mol. The zero-order chi connectivity index (χ0) is 14.5. The summed E-state index contributed by atoms with van der Waals surface area (Å²) in [5.41, 5.74) is 3.65. The van der Waals surface area contributed by atoms with Crippen LogP contribution < -0.4 is 0 Å². The number of alkyl halides is 1. The molecular formula is C17H17Br2F. The highest BCUT2D eigenvalue weighted by Gasteiger charge is 2.12. The SMILES string of the molecule is Cc1cccc(CC(CBr)Cc2cc(F)ccc2Br)c1. The minimum atomic E-state index is -0.174. The predicted octanol–water partition coefficient (Wildman–Crippen LogP) is 5.69. The number of halogens is 3. The van der Waals surface area contributed by atoms with Crippen molar-refractivity contribution in [3.63, 3.8) is 0 Å². The highest BCUT2D eigenvalue weighted by atomic mass is 79.9. The van der Waals surface area contributed by atoms with Gasteiger partial charge in [-0.1, -0.05) is 61.7 Å². The second-order valence-corrected chi connectivity index (χ2v) is 6.66. The van der Waals surface area contributed by atoms with Crippen LogP contribution in [0.2, 0.25) is 0 Å². The van der Waals surface area contributed by atoms with E-state index in [1.54, 1.807) is 12.1 Å². The van der Waals surface area contributed by atoms with Crippen molar-refractivity contribution in [1.82, 2.24) is 0 Å². The summed E-state index contributed by atoms with van der Waals surface area (Å²) in [6, 6.07) is 13.5. The van der Waals surface area contributed by atoms with Crippen LogP contribution in [0.5, 0.6) is 0 Å². The van der Waals surface area contributed by atoms with Crippen LogP contribution >= 0.6 is 31.9 Å². The van der Waals surface area contributed by atoms with E-state index in [9.17, 15) is 4.39 Å². The van der Waals surface area contributed by atoms with E-state index in [0.717, 1.165) is 28.2 Å². The maximum atomic E-state index is 13.3. The predicted molar refractivity (Wildman–Crippen MR) is 90.0 cm³/mol. The first-order chi connectivity index (χ1) is 9.58. The summed E-state index contributed by atoms with van der Waals surface area (Å²) in [6.45, 7) is 2.11. The van der Waals surface area contributed by atoms with Gasteiger partial charge in [-0.2, -0.15) is 0 Å². The van der Waals surface area contributed by atoms with Gasteiger partial charge in [0.15, 0.2) is 0 Å². The smallest absolute Gasteiger partial charge is 0.123 e. The first kappa shape index (κ1) is 15.7. The molecule has 0 saturated carbocycles. The van der Waals surface area contributed by atoms with Crippen LogP contribution in [0, 0.1) is 18.7 Å². The second-order valence-electron chi connectivity index (χ2n) is 5.15. The Bertz CT molecular complexity index is 581. The molecule has 3 heteroatoms. The van der Waals surface area contributed by atoms with Gasteiger partial charge in [0.2, 0.25) is 0 Å². The summed E-state index contributed by atoms with van der Waals surface area (Å²) < 4.78 is 14.3. The Kier molecular flexibility index (Phi) is 5.79. The minimum absolute atomic E-state index is 0.174. The molecule has 1 atom stereocenters. The molecule has 0 N–H and O–H groups in total. The normalized spacial score (nSPS) is 12.4. The molecule has 0 aliphatic rings. The molecule has 0 fully saturated rings. The molecule has 0 amide bonds. The van der Waals surface area contributed by atoms with Gasteiger partial charge in [0, 0.05) is 9.80 Å². The molecule has 0 bridgehead atoms. The van der Waals surface area contributed by atoms with Gasteiger partial charge in [-0.15, -0.1) is 0 Å². The van der Waals surface area contributed by atoms with E-state index in [0.29, 0.717) is 5.92 Å². The maximum absolute atomic E-state index is 13.3. The third kappa shape index (κ3) is 4.42. The molecule has 0 nitrogen and oxygen atoms in total. The first-order valence-electron chi connectivity index (χ1n) is 6.64. The van der Waals surface area contributed by atoms with Gasteiger partial charge in [0.05, 0.1) is 0 Å². The molecule has 0 spiro atoms. The van der Waals surface area contributed by atoms with E-state index < -0.39 is 0 Å². The summed E-state index contributed by atoms with van der Waals surface area (Å²) in [4.78, 5) is 0. The van der Waals surface area contributed by atoms with E-state index in [1.807, 2.05) is 0 Å². The number of hydrogen-bond acceptors (Lipinski definition) is 0. The van der Waals surface area contributed by atoms with Gasteiger partial charge in [0.25, 0.3) is 0 Å². The Morgan fingerprint density at radius 1 is 1.10 bits per heavy atom. The molecule has 20 heavy (non-hydrogen) atoms. The fraction of sp³-hybridized carbons (Fsp3) is 0.294. The Morgan fingerprint density at radius 2 is 1.90 bits per heavy atom. The molecule has 1 unspecified atom stereocenters. The van der Waals surface area contributed by atoms with Gasteiger partial charge in [-0.3, -0.25) is 0 Å². The van der Waals surface area contributed by atoms with Gasteiger partial charge in [-0.25, -0.2) is 4.39 Å². The highest BCUT2D eigenvalue weighted by Crippen LogP contribution is 2.24. The van der Waals surface area contributed by atoms with Crippen LogP contribution in [-0.4, -0.2) is 5.33 Å². The topological polar surface area (TPSA) is 0 Å². The molecule has 0 aliphatic heterocycles. The molecule has 0 aromatic heterocycles. The third-order valence-electron chi connectivity index (χ3n) is 3.34. The summed E-state index contributed by atoms with van der Waals surface area (Å²) in [7, 11) is 0. The second kappa shape index (κ2) is 7.37. The van der Waals surface area contributed by atoms with Crippen molar-refractivity contribution >= 4 is 31.9 Å². The highest BCUT2D eigenvalue weighted by molar-refractivity contribution is 9.10.